The minimum Gasteiger partial charge on any atom is -0.504 e. The Bertz CT molecular complexity index is 1460. The molecule has 0 spiro atoms. The Hall–Kier alpha value is -4.70. The summed E-state index contributed by atoms with van der Waals surface area (Å²) in [4.78, 5) is 59.7. The van der Waals surface area contributed by atoms with Crippen LogP contribution in [0.4, 0.5) is 5.95 Å². The van der Waals surface area contributed by atoms with Gasteiger partial charge in [-0.05, 0) is 12.1 Å². The van der Waals surface area contributed by atoms with E-state index in [4.69, 9.17) is 14.2 Å². The number of hydrogen-bond acceptors (Lipinski definition) is 13. The zero-order chi connectivity index (χ0) is 28.4. The van der Waals surface area contributed by atoms with E-state index in [2.05, 4.69) is 20.3 Å². The molecule has 4 rings (SSSR count). The number of aliphatic hydroxyl groups is 1. The number of benzene rings is 1. The largest absolute Gasteiger partial charge is 0.504 e. The first-order valence-corrected chi connectivity index (χ1v) is 11.6. The summed E-state index contributed by atoms with van der Waals surface area (Å²) in [6, 6.07) is 1.68. The molecular weight excluding hydrogens is 522 g/mol. The Morgan fingerprint density at radius 2 is 1.92 bits per heavy atom. The van der Waals surface area contributed by atoms with E-state index in [1.165, 1.54) is 10.9 Å². The van der Waals surface area contributed by atoms with Crippen molar-refractivity contribution in [3.05, 3.63) is 34.4 Å². The van der Waals surface area contributed by atoms with Gasteiger partial charge in [0.25, 0.3) is 5.56 Å². The molecule has 1 aromatic carbocycles. The number of nitrogens with one attached hydrogen (secondary N) is 2. The number of anilines is 1. The number of esters is 2. The van der Waals surface area contributed by atoms with Crippen molar-refractivity contribution in [2.75, 3.05) is 18.5 Å². The van der Waals surface area contributed by atoms with Crippen molar-refractivity contribution in [2.45, 2.75) is 38.7 Å². The number of aromatic amines is 1. The highest BCUT2D eigenvalue weighted by molar-refractivity contribution is 5.92. The summed E-state index contributed by atoms with van der Waals surface area (Å²) in [6.07, 6.45) is -1.52. The summed E-state index contributed by atoms with van der Waals surface area (Å²) < 4.78 is 17.3. The number of amides is 1. The van der Waals surface area contributed by atoms with Gasteiger partial charge in [-0.25, -0.2) is 14.6 Å². The van der Waals surface area contributed by atoms with E-state index in [0.717, 1.165) is 12.1 Å². The van der Waals surface area contributed by atoms with Gasteiger partial charge in [-0.2, -0.15) is 4.98 Å². The summed E-state index contributed by atoms with van der Waals surface area (Å²) in [5, 5.41) is 40.6. The first kappa shape index (κ1) is 27.3. The van der Waals surface area contributed by atoms with E-state index in [1.807, 2.05) is 0 Å². The Morgan fingerprint density at radius 3 is 2.56 bits per heavy atom. The van der Waals surface area contributed by atoms with Crippen LogP contribution in [0.25, 0.3) is 11.2 Å². The molecule has 16 nitrogen and oxygen atoms in total. The van der Waals surface area contributed by atoms with Gasteiger partial charge < -0.3 is 34.6 Å². The van der Waals surface area contributed by atoms with Crippen LogP contribution in [0.5, 0.6) is 17.2 Å². The van der Waals surface area contributed by atoms with Crippen molar-refractivity contribution in [3.63, 3.8) is 0 Å². The second-order valence-corrected chi connectivity index (χ2v) is 8.90. The number of phenolic OH excluding ortho intramolecular Hbond substituents is 3. The molecule has 0 radical (unpaired) electrons. The Morgan fingerprint density at radius 1 is 1.23 bits per heavy atom. The van der Waals surface area contributed by atoms with Gasteiger partial charge in [0.2, 0.25) is 11.9 Å². The summed E-state index contributed by atoms with van der Waals surface area (Å²) in [5.74, 6) is -5.24. The molecule has 3 aromatic rings. The second kappa shape index (κ2) is 11.0. The number of nitrogens with zero attached hydrogens (tertiary/aromatic N) is 3. The highest BCUT2D eigenvalue weighted by Crippen LogP contribution is 2.36. The minimum atomic E-state index is -1.08. The van der Waals surface area contributed by atoms with Gasteiger partial charge in [-0.3, -0.25) is 24.5 Å². The number of rotatable bonds is 8. The molecule has 3 atom stereocenters. The average molecular weight is 547 g/mol. The number of H-pyrrole nitrogens is 1. The molecule has 6 N–H and O–H groups in total. The molecule has 1 amide bonds. The SMILES string of the molecule is CC(C)C(=O)Nc1nc2c(ncn2C2CC(OC(=O)COC(=O)c3cc(O)c(O)c(O)c3)C(CO)O2)c(=O)[nH]1. The number of carbonyl (C=O) groups excluding carboxylic acids is 3. The molecule has 0 bridgehead atoms. The number of imidazole rings is 1. The standard InChI is InChI=1S/C23H25N5O11/c1-9(2)20(34)26-23-25-19-17(21(35)27-23)24-8-28(19)15-5-13(14(6-29)38-15)39-16(32)7-37-22(36)10-3-11(30)18(33)12(31)4-10/h3-4,8-9,13-15,29-31,33H,5-7H2,1-2H3,(H2,25,26,27,34,35). The number of aliphatic hydroxyl groups excluding tert-OH is 1. The topological polar surface area (TPSA) is 235 Å². The molecule has 1 fully saturated rings. The van der Waals surface area contributed by atoms with Gasteiger partial charge >= 0.3 is 11.9 Å². The molecular formula is C23H25N5O11. The number of aromatic nitrogens is 4. The fourth-order valence-corrected chi connectivity index (χ4v) is 3.75. The monoisotopic (exact) mass is 547 g/mol. The summed E-state index contributed by atoms with van der Waals surface area (Å²) in [7, 11) is 0. The van der Waals surface area contributed by atoms with Gasteiger partial charge in [0.05, 0.1) is 18.5 Å². The normalized spacial score (nSPS) is 18.8. The van der Waals surface area contributed by atoms with Gasteiger partial charge in [-0.15, -0.1) is 0 Å². The van der Waals surface area contributed by atoms with Crippen LogP contribution >= 0.6 is 0 Å². The van der Waals surface area contributed by atoms with Crippen LogP contribution in [0.15, 0.2) is 23.3 Å². The van der Waals surface area contributed by atoms with Crippen molar-refractivity contribution in [1.29, 1.82) is 0 Å². The van der Waals surface area contributed by atoms with Crippen molar-refractivity contribution < 1.29 is 49.0 Å². The van der Waals surface area contributed by atoms with Crippen LogP contribution in [0, 0.1) is 5.92 Å². The summed E-state index contributed by atoms with van der Waals surface area (Å²) >= 11 is 0. The van der Waals surface area contributed by atoms with Crippen LogP contribution in [-0.2, 0) is 23.8 Å². The van der Waals surface area contributed by atoms with E-state index in [-0.39, 0.29) is 40.9 Å². The molecule has 0 saturated carbocycles. The molecule has 0 aliphatic carbocycles. The van der Waals surface area contributed by atoms with Crippen LogP contribution < -0.4 is 10.9 Å². The molecule has 1 aliphatic rings. The molecule has 16 heteroatoms. The molecule has 3 heterocycles. The third-order valence-corrected chi connectivity index (χ3v) is 5.78. The van der Waals surface area contributed by atoms with E-state index >= 15 is 0 Å². The second-order valence-electron chi connectivity index (χ2n) is 8.90. The van der Waals surface area contributed by atoms with E-state index in [0.29, 0.717) is 0 Å². The maximum absolute atomic E-state index is 12.4. The Kier molecular flexibility index (Phi) is 7.68. The quantitative estimate of drug-likeness (QED) is 0.160. The molecule has 1 aliphatic heterocycles. The maximum Gasteiger partial charge on any atom is 0.344 e. The molecule has 3 unspecified atom stereocenters. The third-order valence-electron chi connectivity index (χ3n) is 5.78. The summed E-state index contributed by atoms with van der Waals surface area (Å²) in [6.45, 7) is 1.97. The lowest BCUT2D eigenvalue weighted by molar-refractivity contribution is -0.156. The minimum absolute atomic E-state index is 0.0121. The smallest absolute Gasteiger partial charge is 0.344 e. The lowest BCUT2D eigenvalue weighted by Gasteiger charge is -2.16. The molecule has 39 heavy (non-hydrogen) atoms. The summed E-state index contributed by atoms with van der Waals surface area (Å²) in [5.41, 5.74) is -0.873. The Labute approximate surface area is 218 Å². The van der Waals surface area contributed by atoms with Gasteiger partial charge in [0, 0.05) is 12.3 Å². The first-order chi connectivity index (χ1) is 18.5. The number of fused-ring (bicyclic) bond motifs is 1. The number of aromatic hydroxyl groups is 3. The van der Waals surface area contributed by atoms with E-state index in [1.54, 1.807) is 13.8 Å². The number of hydrogen-bond donors (Lipinski definition) is 6. The third kappa shape index (κ3) is 5.75. The van der Waals surface area contributed by atoms with Crippen molar-refractivity contribution >= 4 is 35.0 Å². The average Bonchev–Trinajstić information content (AvgIpc) is 3.49. The zero-order valence-electron chi connectivity index (χ0n) is 20.7. The predicted molar refractivity (Wildman–Crippen MR) is 129 cm³/mol. The highest BCUT2D eigenvalue weighted by atomic mass is 16.6. The maximum atomic E-state index is 12.4. The lowest BCUT2D eigenvalue weighted by atomic mass is 10.2. The molecule has 208 valence electrons. The lowest BCUT2D eigenvalue weighted by Crippen LogP contribution is -2.31. The Balaban J connectivity index is 1.43. The van der Waals surface area contributed by atoms with Crippen molar-refractivity contribution in [2.24, 2.45) is 5.92 Å². The van der Waals surface area contributed by atoms with Crippen LogP contribution in [0.1, 0.15) is 36.9 Å². The number of ether oxygens (including phenoxy) is 3. The van der Waals surface area contributed by atoms with E-state index in [9.17, 15) is 39.6 Å². The van der Waals surface area contributed by atoms with E-state index < -0.39 is 66.4 Å². The van der Waals surface area contributed by atoms with Crippen LogP contribution in [-0.4, -0.2) is 83.2 Å². The fraction of sp³-hybridized carbons (Fsp3) is 0.391. The highest BCUT2D eigenvalue weighted by Gasteiger charge is 2.39. The van der Waals surface area contributed by atoms with Gasteiger partial charge in [-0.1, -0.05) is 13.8 Å². The predicted octanol–water partition coefficient (Wildman–Crippen LogP) is -0.121. The van der Waals surface area contributed by atoms with Crippen LogP contribution in [0.3, 0.4) is 0 Å². The van der Waals surface area contributed by atoms with Crippen molar-refractivity contribution in [1.82, 2.24) is 19.5 Å². The van der Waals surface area contributed by atoms with Crippen LogP contribution in [0.2, 0.25) is 0 Å². The number of carbonyl (C=O) groups is 3. The number of phenols is 3. The zero-order valence-corrected chi connectivity index (χ0v) is 20.7. The van der Waals surface area contributed by atoms with Gasteiger partial charge in [0.1, 0.15) is 18.4 Å². The molecule has 2 aromatic heterocycles. The van der Waals surface area contributed by atoms with Gasteiger partial charge in [0.15, 0.2) is 35.0 Å². The van der Waals surface area contributed by atoms with Crippen molar-refractivity contribution in [3.8, 4) is 17.2 Å². The fourth-order valence-electron chi connectivity index (χ4n) is 3.75. The molecule has 1 saturated heterocycles. The first-order valence-electron chi connectivity index (χ1n) is 11.6.